The van der Waals surface area contributed by atoms with Crippen LogP contribution in [-0.2, 0) is 13.0 Å². The lowest BCUT2D eigenvalue weighted by molar-refractivity contribution is 0.222. The van der Waals surface area contributed by atoms with Gasteiger partial charge in [-0.05, 0) is 31.1 Å². The van der Waals surface area contributed by atoms with E-state index in [1.807, 2.05) is 0 Å². The number of aromatic amines is 1. The van der Waals surface area contributed by atoms with Crippen LogP contribution in [0.25, 0.3) is 0 Å². The minimum atomic E-state index is 0.0721. The van der Waals surface area contributed by atoms with Crippen molar-refractivity contribution in [3.05, 3.63) is 21.6 Å². The van der Waals surface area contributed by atoms with Crippen LogP contribution in [0.4, 0.5) is 5.95 Å². The van der Waals surface area contributed by atoms with Crippen LogP contribution in [0.2, 0.25) is 0 Å². The predicted molar refractivity (Wildman–Crippen MR) is 89.3 cm³/mol. The minimum absolute atomic E-state index is 0.0721. The highest BCUT2D eigenvalue weighted by Gasteiger charge is 2.24. The molecule has 1 fully saturated rings. The molecule has 1 N–H and O–H groups in total. The Kier molecular flexibility index (Phi) is 4.52. The molecule has 22 heavy (non-hydrogen) atoms. The van der Waals surface area contributed by atoms with Crippen molar-refractivity contribution in [1.29, 1.82) is 0 Å². The fraction of sp³-hybridized carbons (Fsp3) is 0.765. The van der Waals surface area contributed by atoms with E-state index in [-0.39, 0.29) is 5.56 Å². The average molecular weight is 304 g/mol. The van der Waals surface area contributed by atoms with E-state index in [4.69, 9.17) is 4.98 Å². The molecule has 0 radical (unpaired) electrons. The van der Waals surface area contributed by atoms with E-state index in [9.17, 15) is 4.79 Å². The lowest BCUT2D eigenvalue weighted by Crippen LogP contribution is -2.40. The smallest absolute Gasteiger partial charge is 0.255 e. The van der Waals surface area contributed by atoms with Gasteiger partial charge in [0.15, 0.2) is 0 Å². The monoisotopic (exact) mass is 304 g/mol. The Morgan fingerprint density at radius 3 is 2.68 bits per heavy atom. The maximum absolute atomic E-state index is 12.4. The standard InChI is InChI=1S/C17H28N4O/c1-12(2)10-20-7-6-14-15(11-20)18-17(19-16(14)22)21-8-4-13(3)5-9-21/h12-13H,4-11H2,1-3H3,(H,18,19,22). The number of rotatable bonds is 3. The maximum atomic E-state index is 12.4. The number of piperidine rings is 1. The second-order valence-electron chi connectivity index (χ2n) is 7.36. The molecular weight excluding hydrogens is 276 g/mol. The van der Waals surface area contributed by atoms with Crippen molar-refractivity contribution in [2.24, 2.45) is 11.8 Å². The third kappa shape index (κ3) is 3.35. The van der Waals surface area contributed by atoms with E-state index in [0.717, 1.165) is 62.3 Å². The molecule has 2 aliphatic heterocycles. The highest BCUT2D eigenvalue weighted by atomic mass is 16.1. The van der Waals surface area contributed by atoms with Crippen molar-refractivity contribution in [1.82, 2.24) is 14.9 Å². The molecule has 3 rings (SSSR count). The number of nitrogens with one attached hydrogen (secondary N) is 1. The molecule has 1 aromatic heterocycles. The van der Waals surface area contributed by atoms with Gasteiger partial charge in [-0.15, -0.1) is 0 Å². The van der Waals surface area contributed by atoms with Crippen LogP contribution in [0.3, 0.4) is 0 Å². The first-order chi connectivity index (χ1) is 10.5. The first-order valence-corrected chi connectivity index (χ1v) is 8.62. The number of anilines is 1. The highest BCUT2D eigenvalue weighted by molar-refractivity contribution is 5.34. The Bertz CT molecular complexity index is 573. The Hall–Kier alpha value is -1.36. The van der Waals surface area contributed by atoms with Gasteiger partial charge in [0.2, 0.25) is 5.95 Å². The summed E-state index contributed by atoms with van der Waals surface area (Å²) in [5, 5.41) is 0. The fourth-order valence-corrected chi connectivity index (χ4v) is 3.52. The van der Waals surface area contributed by atoms with Crippen molar-refractivity contribution in [3.8, 4) is 0 Å². The number of hydrogen-bond acceptors (Lipinski definition) is 4. The number of fused-ring (bicyclic) bond motifs is 1. The molecule has 0 amide bonds. The van der Waals surface area contributed by atoms with Crippen LogP contribution in [0.5, 0.6) is 0 Å². The molecule has 0 unspecified atom stereocenters. The Labute approximate surface area is 132 Å². The van der Waals surface area contributed by atoms with Gasteiger partial charge in [0.05, 0.1) is 5.69 Å². The van der Waals surface area contributed by atoms with Gasteiger partial charge in [-0.1, -0.05) is 20.8 Å². The molecule has 1 saturated heterocycles. The second kappa shape index (κ2) is 6.41. The van der Waals surface area contributed by atoms with Crippen LogP contribution in [-0.4, -0.2) is 41.0 Å². The molecule has 5 nitrogen and oxygen atoms in total. The molecule has 1 aromatic rings. The summed E-state index contributed by atoms with van der Waals surface area (Å²) < 4.78 is 0. The zero-order valence-electron chi connectivity index (χ0n) is 14.1. The van der Waals surface area contributed by atoms with Crippen molar-refractivity contribution >= 4 is 5.95 Å². The lowest BCUT2D eigenvalue weighted by atomic mass is 9.99. The molecule has 0 spiro atoms. The van der Waals surface area contributed by atoms with E-state index < -0.39 is 0 Å². The molecule has 3 heterocycles. The van der Waals surface area contributed by atoms with Crippen LogP contribution in [0.1, 0.15) is 44.9 Å². The summed E-state index contributed by atoms with van der Waals surface area (Å²) in [6.45, 7) is 11.6. The third-order valence-electron chi connectivity index (χ3n) is 4.85. The normalized spacial score (nSPS) is 20.5. The zero-order valence-corrected chi connectivity index (χ0v) is 14.1. The summed E-state index contributed by atoms with van der Waals surface area (Å²) in [5.41, 5.74) is 1.96. The summed E-state index contributed by atoms with van der Waals surface area (Å²) in [4.78, 5) is 24.9. The number of H-pyrrole nitrogens is 1. The van der Waals surface area contributed by atoms with Crippen molar-refractivity contribution < 1.29 is 0 Å². The van der Waals surface area contributed by atoms with Gasteiger partial charge in [0, 0.05) is 38.3 Å². The van der Waals surface area contributed by atoms with E-state index in [0.29, 0.717) is 5.92 Å². The van der Waals surface area contributed by atoms with Crippen LogP contribution < -0.4 is 10.5 Å². The number of aromatic nitrogens is 2. The van der Waals surface area contributed by atoms with Gasteiger partial charge in [-0.25, -0.2) is 4.98 Å². The molecular formula is C17H28N4O. The molecule has 122 valence electrons. The lowest BCUT2D eigenvalue weighted by Gasteiger charge is -2.33. The molecule has 0 saturated carbocycles. The van der Waals surface area contributed by atoms with Crippen LogP contribution >= 0.6 is 0 Å². The zero-order chi connectivity index (χ0) is 15.7. The van der Waals surface area contributed by atoms with Gasteiger partial charge in [0.1, 0.15) is 0 Å². The van der Waals surface area contributed by atoms with E-state index in [1.54, 1.807) is 0 Å². The highest BCUT2D eigenvalue weighted by Crippen LogP contribution is 2.22. The van der Waals surface area contributed by atoms with Gasteiger partial charge < -0.3 is 4.90 Å². The van der Waals surface area contributed by atoms with Crippen molar-refractivity contribution in [3.63, 3.8) is 0 Å². The van der Waals surface area contributed by atoms with E-state index >= 15 is 0 Å². The number of nitrogens with zero attached hydrogens (tertiary/aromatic N) is 3. The van der Waals surface area contributed by atoms with E-state index in [2.05, 4.69) is 35.6 Å². The van der Waals surface area contributed by atoms with E-state index in [1.165, 1.54) is 12.8 Å². The second-order valence-corrected chi connectivity index (χ2v) is 7.36. The number of hydrogen-bond donors (Lipinski definition) is 1. The van der Waals surface area contributed by atoms with Crippen molar-refractivity contribution in [2.75, 3.05) is 31.1 Å². The SMILES string of the molecule is CC(C)CN1CCc2c(nc(N3CCC(C)CC3)[nH]c2=O)C1. The summed E-state index contributed by atoms with van der Waals surface area (Å²) in [5.74, 6) is 2.20. The Balaban J connectivity index is 1.81. The molecule has 0 atom stereocenters. The molecule has 2 aliphatic rings. The third-order valence-corrected chi connectivity index (χ3v) is 4.85. The van der Waals surface area contributed by atoms with Crippen LogP contribution in [0.15, 0.2) is 4.79 Å². The summed E-state index contributed by atoms with van der Waals surface area (Å²) in [6, 6.07) is 0. The van der Waals surface area contributed by atoms with Crippen LogP contribution in [0, 0.1) is 11.8 Å². The largest absolute Gasteiger partial charge is 0.342 e. The van der Waals surface area contributed by atoms with Gasteiger partial charge >= 0.3 is 0 Å². The summed E-state index contributed by atoms with van der Waals surface area (Å²) in [7, 11) is 0. The molecule has 0 aliphatic carbocycles. The quantitative estimate of drug-likeness (QED) is 0.928. The first kappa shape index (κ1) is 15.5. The van der Waals surface area contributed by atoms with Gasteiger partial charge in [-0.3, -0.25) is 14.7 Å². The maximum Gasteiger partial charge on any atom is 0.255 e. The average Bonchev–Trinajstić information content (AvgIpc) is 2.47. The Morgan fingerprint density at radius 1 is 1.27 bits per heavy atom. The molecule has 0 bridgehead atoms. The molecule has 0 aromatic carbocycles. The molecule has 5 heteroatoms. The van der Waals surface area contributed by atoms with Gasteiger partial charge in [0.25, 0.3) is 5.56 Å². The van der Waals surface area contributed by atoms with Crippen molar-refractivity contribution in [2.45, 2.75) is 46.6 Å². The Morgan fingerprint density at radius 2 is 2.00 bits per heavy atom. The fourth-order valence-electron chi connectivity index (χ4n) is 3.52. The van der Waals surface area contributed by atoms with Gasteiger partial charge in [-0.2, -0.15) is 0 Å². The predicted octanol–water partition coefficient (Wildman–Crippen LogP) is 2.02. The topological polar surface area (TPSA) is 52.2 Å². The minimum Gasteiger partial charge on any atom is -0.342 e. The summed E-state index contributed by atoms with van der Waals surface area (Å²) >= 11 is 0. The summed E-state index contributed by atoms with van der Waals surface area (Å²) in [6.07, 6.45) is 3.18. The first-order valence-electron chi connectivity index (χ1n) is 8.62.